The van der Waals surface area contributed by atoms with Gasteiger partial charge in [-0.1, -0.05) is 29.8 Å². The van der Waals surface area contributed by atoms with Crippen molar-refractivity contribution >= 4 is 10.0 Å². The molecule has 9 heteroatoms. The lowest BCUT2D eigenvalue weighted by Crippen LogP contribution is -2.38. The number of hydrogen-bond acceptors (Lipinski definition) is 7. The second-order valence-corrected chi connectivity index (χ2v) is 9.76. The van der Waals surface area contributed by atoms with Crippen molar-refractivity contribution in [3.05, 3.63) is 42.0 Å². The maximum absolute atomic E-state index is 13.1. The largest absolute Gasteiger partial charge is 0.381 e. The van der Waals surface area contributed by atoms with Crippen LogP contribution >= 0.6 is 0 Å². The Balaban J connectivity index is 1.37. The molecule has 2 aliphatic heterocycles. The van der Waals surface area contributed by atoms with Gasteiger partial charge in [0.25, 0.3) is 0 Å². The molecule has 0 N–H and O–H groups in total. The summed E-state index contributed by atoms with van der Waals surface area (Å²) < 4.78 is 44.4. The van der Waals surface area contributed by atoms with Gasteiger partial charge in [0.1, 0.15) is 6.04 Å². The van der Waals surface area contributed by atoms with Gasteiger partial charge >= 0.3 is 0 Å². The fourth-order valence-electron chi connectivity index (χ4n) is 4.00. The van der Waals surface area contributed by atoms with Gasteiger partial charge in [0.2, 0.25) is 15.9 Å². The third-order valence-electron chi connectivity index (χ3n) is 5.74. The van der Waals surface area contributed by atoms with E-state index in [9.17, 15) is 8.42 Å². The summed E-state index contributed by atoms with van der Waals surface area (Å²) in [6, 6.07) is 8.09. The summed E-state index contributed by atoms with van der Waals surface area (Å²) in [4.78, 5) is 4.78. The first-order chi connectivity index (χ1) is 14.6. The molecule has 8 nitrogen and oxygen atoms in total. The smallest absolute Gasteiger partial charge is 0.245 e. The van der Waals surface area contributed by atoms with Crippen molar-refractivity contribution in [1.29, 1.82) is 0 Å². The number of hydrogen-bond donors (Lipinski definition) is 0. The first-order valence-corrected chi connectivity index (χ1v) is 12.1. The molecule has 0 radical (unpaired) electrons. The van der Waals surface area contributed by atoms with Gasteiger partial charge < -0.3 is 14.0 Å². The summed E-state index contributed by atoms with van der Waals surface area (Å²) in [5.74, 6) is 1.48. The van der Waals surface area contributed by atoms with Crippen LogP contribution in [0.3, 0.4) is 0 Å². The first-order valence-electron chi connectivity index (χ1n) is 10.7. The zero-order valence-electron chi connectivity index (χ0n) is 17.1. The molecule has 0 spiro atoms. The lowest BCUT2D eigenvalue weighted by Gasteiger charge is -2.32. The minimum absolute atomic E-state index is 0.290. The van der Waals surface area contributed by atoms with E-state index < -0.39 is 16.1 Å². The molecule has 4 rings (SSSR count). The zero-order chi connectivity index (χ0) is 20.8. The highest BCUT2D eigenvalue weighted by Crippen LogP contribution is 2.34. The Morgan fingerprint density at radius 3 is 2.70 bits per heavy atom. The van der Waals surface area contributed by atoms with E-state index in [0.29, 0.717) is 43.6 Å². The summed E-state index contributed by atoms with van der Waals surface area (Å²) in [5, 5.41) is 4.06. The van der Waals surface area contributed by atoms with E-state index in [1.54, 1.807) is 30.3 Å². The molecule has 2 aromatic rings. The van der Waals surface area contributed by atoms with Crippen molar-refractivity contribution in [2.24, 2.45) is 5.92 Å². The van der Waals surface area contributed by atoms with Gasteiger partial charge in [-0.25, -0.2) is 8.42 Å². The SMILES string of the molecule is O=S(=O)(c1ccccc1)N1CCCCC1c1nc(CCOCC2CCOCC2)no1. The van der Waals surface area contributed by atoms with Crippen LogP contribution in [-0.2, 0) is 25.9 Å². The lowest BCUT2D eigenvalue weighted by atomic mass is 10.0. The summed E-state index contributed by atoms with van der Waals surface area (Å²) in [6.45, 7) is 3.32. The molecular weight excluding hydrogens is 406 g/mol. The zero-order valence-corrected chi connectivity index (χ0v) is 17.9. The Hall–Kier alpha value is -1.81. The molecule has 2 fully saturated rings. The minimum atomic E-state index is -3.61. The van der Waals surface area contributed by atoms with Gasteiger partial charge in [-0.3, -0.25) is 0 Å². The lowest BCUT2D eigenvalue weighted by molar-refractivity contribution is 0.0211. The Morgan fingerprint density at radius 1 is 1.10 bits per heavy atom. The summed E-state index contributed by atoms with van der Waals surface area (Å²) in [7, 11) is -3.61. The monoisotopic (exact) mass is 435 g/mol. The van der Waals surface area contributed by atoms with Crippen molar-refractivity contribution in [3.63, 3.8) is 0 Å². The fourth-order valence-corrected chi connectivity index (χ4v) is 5.67. The third kappa shape index (κ3) is 5.08. The minimum Gasteiger partial charge on any atom is -0.381 e. The molecule has 0 amide bonds. The Bertz CT molecular complexity index is 896. The van der Waals surface area contributed by atoms with Gasteiger partial charge in [0, 0.05) is 32.8 Å². The van der Waals surface area contributed by atoms with Crippen molar-refractivity contribution in [1.82, 2.24) is 14.4 Å². The molecule has 164 valence electrons. The maximum Gasteiger partial charge on any atom is 0.245 e. The second-order valence-electron chi connectivity index (χ2n) is 7.87. The molecule has 2 saturated heterocycles. The molecule has 1 aromatic carbocycles. The van der Waals surface area contributed by atoms with E-state index >= 15 is 0 Å². The Kier molecular flexibility index (Phi) is 7.14. The van der Waals surface area contributed by atoms with Gasteiger partial charge in [-0.2, -0.15) is 9.29 Å². The summed E-state index contributed by atoms with van der Waals surface area (Å²) in [5.41, 5.74) is 0. The first kappa shape index (κ1) is 21.4. The number of sulfonamides is 1. The molecule has 1 unspecified atom stereocenters. The van der Waals surface area contributed by atoms with Crippen LogP contribution in [0, 0.1) is 5.92 Å². The van der Waals surface area contributed by atoms with Crippen LogP contribution in [0.2, 0.25) is 0 Å². The van der Waals surface area contributed by atoms with Gasteiger partial charge in [0.05, 0.1) is 11.5 Å². The molecule has 0 saturated carbocycles. The van der Waals surface area contributed by atoms with Crippen LogP contribution in [0.1, 0.15) is 49.9 Å². The molecule has 1 atom stereocenters. The van der Waals surface area contributed by atoms with Crippen molar-refractivity contribution in [3.8, 4) is 0 Å². The van der Waals surface area contributed by atoms with Crippen LogP contribution in [0.15, 0.2) is 39.8 Å². The maximum atomic E-state index is 13.1. The number of piperidine rings is 1. The number of rotatable bonds is 8. The Morgan fingerprint density at radius 2 is 1.90 bits per heavy atom. The average molecular weight is 436 g/mol. The summed E-state index contributed by atoms with van der Waals surface area (Å²) in [6.07, 6.45) is 5.05. The number of benzene rings is 1. The summed E-state index contributed by atoms with van der Waals surface area (Å²) >= 11 is 0. The molecular formula is C21H29N3O5S. The highest BCUT2D eigenvalue weighted by Gasteiger charge is 2.37. The van der Waals surface area contributed by atoms with Crippen LogP contribution in [0.25, 0.3) is 0 Å². The van der Waals surface area contributed by atoms with Crippen molar-refractivity contribution in [2.75, 3.05) is 33.0 Å². The molecule has 0 bridgehead atoms. The van der Waals surface area contributed by atoms with Crippen molar-refractivity contribution in [2.45, 2.75) is 49.5 Å². The predicted molar refractivity (Wildman–Crippen MR) is 109 cm³/mol. The van der Waals surface area contributed by atoms with E-state index in [0.717, 1.165) is 45.5 Å². The molecule has 3 heterocycles. The van der Waals surface area contributed by atoms with E-state index in [1.165, 1.54) is 4.31 Å². The molecule has 1 aromatic heterocycles. The van der Waals surface area contributed by atoms with Crippen LogP contribution < -0.4 is 0 Å². The standard InChI is InChI=1S/C21H29N3O5S/c25-30(26,18-6-2-1-3-7-18)24-12-5-4-8-19(24)21-22-20(23-29-21)11-15-28-16-17-9-13-27-14-10-17/h1-3,6-7,17,19H,4-5,8-16H2. The van der Waals surface area contributed by atoms with Crippen LogP contribution in [0.5, 0.6) is 0 Å². The van der Waals surface area contributed by atoms with Gasteiger partial charge in [0.15, 0.2) is 5.82 Å². The second kappa shape index (κ2) is 10.00. The van der Waals surface area contributed by atoms with E-state index in [1.807, 2.05) is 0 Å². The van der Waals surface area contributed by atoms with E-state index in [4.69, 9.17) is 14.0 Å². The highest BCUT2D eigenvalue weighted by molar-refractivity contribution is 7.89. The number of aromatic nitrogens is 2. The van der Waals surface area contributed by atoms with E-state index in [2.05, 4.69) is 10.1 Å². The average Bonchev–Trinajstić information content (AvgIpc) is 3.27. The quantitative estimate of drug-likeness (QED) is 0.588. The van der Waals surface area contributed by atoms with Gasteiger partial charge in [-0.05, 0) is 43.7 Å². The molecule has 0 aliphatic carbocycles. The topological polar surface area (TPSA) is 94.8 Å². The number of nitrogens with zero attached hydrogens (tertiary/aromatic N) is 3. The van der Waals surface area contributed by atoms with E-state index in [-0.39, 0.29) is 4.90 Å². The van der Waals surface area contributed by atoms with Crippen LogP contribution in [-0.4, -0.2) is 55.8 Å². The molecule has 2 aliphatic rings. The third-order valence-corrected chi connectivity index (χ3v) is 7.66. The fraction of sp³-hybridized carbons (Fsp3) is 0.619. The highest BCUT2D eigenvalue weighted by atomic mass is 32.2. The normalized spacial score (nSPS) is 21.7. The van der Waals surface area contributed by atoms with Gasteiger partial charge in [-0.15, -0.1) is 0 Å². The predicted octanol–water partition coefficient (Wildman–Crippen LogP) is 2.97. The molecule has 30 heavy (non-hydrogen) atoms. The number of ether oxygens (including phenoxy) is 2. The van der Waals surface area contributed by atoms with Crippen LogP contribution in [0.4, 0.5) is 0 Å². The Labute approximate surface area is 177 Å². The van der Waals surface area contributed by atoms with Crippen molar-refractivity contribution < 1.29 is 22.4 Å².